The molecule has 7 rings (SSSR count). The highest BCUT2D eigenvalue weighted by atomic mass is 15.2. The van der Waals surface area contributed by atoms with Gasteiger partial charge in [-0.1, -0.05) is 31.9 Å². The van der Waals surface area contributed by atoms with E-state index in [1.807, 2.05) is 12.4 Å². The van der Waals surface area contributed by atoms with Crippen molar-refractivity contribution in [2.45, 2.75) is 65.0 Å². The number of likely N-dealkylation sites (tertiary alicyclic amines) is 1. The lowest BCUT2D eigenvalue weighted by Gasteiger charge is -2.54. The van der Waals surface area contributed by atoms with Crippen LogP contribution in [0.3, 0.4) is 0 Å². The van der Waals surface area contributed by atoms with Crippen molar-refractivity contribution in [1.82, 2.24) is 24.2 Å². The Morgan fingerprint density at radius 2 is 1.80 bits per heavy atom. The molecule has 6 heterocycles. The van der Waals surface area contributed by atoms with Crippen molar-refractivity contribution in [2.24, 2.45) is 10.8 Å². The van der Waals surface area contributed by atoms with Crippen molar-refractivity contribution < 1.29 is 0 Å². The fourth-order valence-electron chi connectivity index (χ4n) is 7.24. The zero-order valence-corrected chi connectivity index (χ0v) is 23.6. The van der Waals surface area contributed by atoms with Crippen molar-refractivity contribution >= 4 is 23.1 Å². The summed E-state index contributed by atoms with van der Waals surface area (Å²) >= 11 is 0. The second kappa shape index (κ2) is 9.78. The van der Waals surface area contributed by atoms with E-state index in [4.69, 9.17) is 4.98 Å². The molecule has 2 saturated heterocycles. The summed E-state index contributed by atoms with van der Waals surface area (Å²) in [4.78, 5) is 16.7. The van der Waals surface area contributed by atoms with Crippen LogP contribution >= 0.6 is 0 Å². The third-order valence-corrected chi connectivity index (χ3v) is 9.88. The predicted octanol–water partition coefficient (Wildman–Crippen LogP) is 6.08. The third-order valence-electron chi connectivity index (χ3n) is 9.88. The van der Waals surface area contributed by atoms with Crippen LogP contribution in [0, 0.1) is 22.2 Å². The maximum Gasteiger partial charge on any atom is 0.137 e. The molecule has 0 radical (unpaired) electrons. The molecule has 1 aliphatic carbocycles. The van der Waals surface area contributed by atoms with Crippen molar-refractivity contribution in [3.05, 3.63) is 72.1 Å². The van der Waals surface area contributed by atoms with Gasteiger partial charge >= 0.3 is 0 Å². The number of nitrogens with zero attached hydrogens (tertiary/aromatic N) is 7. The highest BCUT2D eigenvalue weighted by Crippen LogP contribution is 2.47. The normalized spacial score (nSPS) is 21.9. The number of fused-ring (bicyclic) bond motifs is 2. The molecular weight excluding hydrogens is 494 g/mol. The van der Waals surface area contributed by atoms with Gasteiger partial charge in [-0.15, -0.1) is 0 Å². The van der Waals surface area contributed by atoms with Gasteiger partial charge in [-0.3, -0.25) is 9.88 Å². The first-order valence-corrected chi connectivity index (χ1v) is 14.9. The van der Waals surface area contributed by atoms with E-state index in [1.54, 1.807) is 0 Å². The smallest absolute Gasteiger partial charge is 0.137 e. The molecule has 7 nitrogen and oxygen atoms in total. The Labute approximate surface area is 237 Å². The number of anilines is 1. The lowest BCUT2D eigenvalue weighted by Crippen LogP contribution is -2.57. The molecule has 1 spiro atoms. The van der Waals surface area contributed by atoms with E-state index in [0.29, 0.717) is 12.0 Å². The third kappa shape index (κ3) is 4.58. The number of pyridine rings is 2. The highest BCUT2D eigenvalue weighted by Gasteiger charge is 2.44. The molecule has 3 aromatic rings. The van der Waals surface area contributed by atoms with E-state index in [2.05, 4.69) is 80.5 Å². The van der Waals surface area contributed by atoms with Crippen LogP contribution in [0.25, 0.3) is 17.4 Å². The molecule has 206 valence electrons. The minimum absolute atomic E-state index is 0.169. The quantitative estimate of drug-likeness (QED) is 0.396. The molecule has 40 heavy (non-hydrogen) atoms. The van der Waals surface area contributed by atoms with Gasteiger partial charge in [-0.25, -0.2) is 4.98 Å². The fourth-order valence-corrected chi connectivity index (χ4v) is 7.24. The van der Waals surface area contributed by atoms with Crippen molar-refractivity contribution in [1.29, 1.82) is 5.26 Å². The summed E-state index contributed by atoms with van der Waals surface area (Å²) in [6.45, 7) is 12.4. The van der Waals surface area contributed by atoms with E-state index >= 15 is 0 Å². The number of nitriles is 1. The first-order valence-electron chi connectivity index (χ1n) is 14.9. The monoisotopic (exact) mass is 533 g/mol. The van der Waals surface area contributed by atoms with Crippen LogP contribution in [0.15, 0.2) is 49.7 Å². The minimum atomic E-state index is -0.169. The van der Waals surface area contributed by atoms with Gasteiger partial charge in [0.1, 0.15) is 5.65 Å². The largest absolute Gasteiger partial charge is 0.369 e. The lowest BCUT2D eigenvalue weighted by molar-refractivity contribution is 0.139. The summed E-state index contributed by atoms with van der Waals surface area (Å²) in [5.74, 6) is 0. The van der Waals surface area contributed by atoms with Gasteiger partial charge in [-0.2, -0.15) is 5.26 Å². The number of aromatic nitrogens is 3. The standard InChI is InChI=1S/C33H39N7/c1-25-29-16-35-17-30(40-23-33(24-40)9-4-3-5-10-33)28(29)8-13-38(25)20-27-21-39-19-26(6-7-31(39)36-27)18-37-14-11-32(2,22-34)12-15-37/h6-8,13,16-17,19,21H,1,3-5,9-12,14-15,18,20,23-24H2,2H3. The first-order chi connectivity index (χ1) is 19.4. The average Bonchev–Trinajstić information content (AvgIpc) is 3.36. The zero-order chi connectivity index (χ0) is 27.3. The van der Waals surface area contributed by atoms with E-state index in [9.17, 15) is 5.26 Å². The number of hydrogen-bond acceptors (Lipinski definition) is 6. The fraction of sp³-hybridized carbons (Fsp3) is 0.485. The Kier molecular flexibility index (Phi) is 6.20. The second-order valence-corrected chi connectivity index (χ2v) is 12.9. The molecule has 4 aliphatic rings. The van der Waals surface area contributed by atoms with Gasteiger partial charge in [0, 0.05) is 66.7 Å². The molecule has 0 aromatic carbocycles. The van der Waals surface area contributed by atoms with Gasteiger partial charge in [-0.05, 0) is 63.4 Å². The summed E-state index contributed by atoms with van der Waals surface area (Å²) in [6.07, 6.45) is 21.5. The molecule has 0 N–H and O–H groups in total. The Balaban J connectivity index is 1.03. The van der Waals surface area contributed by atoms with E-state index in [1.165, 1.54) is 48.9 Å². The van der Waals surface area contributed by atoms with E-state index in [0.717, 1.165) is 68.2 Å². The Morgan fingerprint density at radius 1 is 1.00 bits per heavy atom. The number of imidazole rings is 1. The molecule has 0 bridgehead atoms. The molecule has 0 unspecified atom stereocenters. The molecule has 3 aliphatic heterocycles. The second-order valence-electron chi connectivity index (χ2n) is 12.9. The zero-order valence-electron chi connectivity index (χ0n) is 23.6. The highest BCUT2D eigenvalue weighted by molar-refractivity contribution is 5.83. The van der Waals surface area contributed by atoms with Crippen LogP contribution in [0.2, 0.25) is 0 Å². The summed E-state index contributed by atoms with van der Waals surface area (Å²) in [6, 6.07) is 6.79. The summed E-state index contributed by atoms with van der Waals surface area (Å²) in [7, 11) is 0. The van der Waals surface area contributed by atoms with Gasteiger partial charge in [0.2, 0.25) is 0 Å². The topological polar surface area (TPSA) is 63.7 Å². The van der Waals surface area contributed by atoms with Crippen LogP contribution in [-0.2, 0) is 13.1 Å². The van der Waals surface area contributed by atoms with Crippen molar-refractivity contribution in [3.8, 4) is 6.07 Å². The Morgan fingerprint density at radius 3 is 2.58 bits per heavy atom. The molecule has 1 saturated carbocycles. The van der Waals surface area contributed by atoms with Crippen LogP contribution < -0.4 is 4.90 Å². The molecule has 0 amide bonds. The maximum atomic E-state index is 9.42. The Hall–Kier alpha value is -3.63. The van der Waals surface area contributed by atoms with Crippen LogP contribution in [0.1, 0.15) is 74.3 Å². The minimum Gasteiger partial charge on any atom is -0.369 e. The van der Waals surface area contributed by atoms with Crippen molar-refractivity contribution in [2.75, 3.05) is 31.1 Å². The van der Waals surface area contributed by atoms with E-state index < -0.39 is 0 Å². The summed E-state index contributed by atoms with van der Waals surface area (Å²) < 4.78 is 2.14. The first kappa shape index (κ1) is 25.3. The summed E-state index contributed by atoms with van der Waals surface area (Å²) in [5, 5.41) is 9.42. The van der Waals surface area contributed by atoms with Crippen LogP contribution in [0.5, 0.6) is 0 Å². The van der Waals surface area contributed by atoms with Crippen LogP contribution in [-0.4, -0.2) is 50.3 Å². The molecule has 3 fully saturated rings. The predicted molar refractivity (Wildman–Crippen MR) is 159 cm³/mol. The van der Waals surface area contributed by atoms with Gasteiger partial charge in [0.25, 0.3) is 0 Å². The van der Waals surface area contributed by atoms with Gasteiger partial charge in [0.15, 0.2) is 0 Å². The molecular formula is C33H39N7. The number of rotatable bonds is 5. The van der Waals surface area contributed by atoms with Crippen molar-refractivity contribution in [3.63, 3.8) is 0 Å². The van der Waals surface area contributed by atoms with Gasteiger partial charge in [0.05, 0.1) is 35.6 Å². The molecule has 7 heteroatoms. The SMILES string of the molecule is C=C1c2cncc(N3CC4(CCCCC4)C3)c2C=CN1Cc1cn2cc(CN3CCC(C)(C#N)CC3)ccc2n1. The summed E-state index contributed by atoms with van der Waals surface area (Å²) in [5.41, 5.74) is 8.20. The molecule has 0 atom stereocenters. The number of hydrogen-bond donors (Lipinski definition) is 0. The maximum absolute atomic E-state index is 9.42. The average molecular weight is 534 g/mol. The van der Waals surface area contributed by atoms with E-state index in [-0.39, 0.29) is 5.41 Å². The number of piperidine rings is 1. The lowest BCUT2D eigenvalue weighted by atomic mass is 9.68. The molecule has 3 aromatic heterocycles. The van der Waals surface area contributed by atoms with Gasteiger partial charge < -0.3 is 14.2 Å². The van der Waals surface area contributed by atoms with Crippen LogP contribution in [0.4, 0.5) is 5.69 Å². The Bertz CT molecular complexity index is 1500.